The van der Waals surface area contributed by atoms with Crippen molar-refractivity contribution in [3.05, 3.63) is 205 Å². The van der Waals surface area contributed by atoms with Crippen LogP contribution < -0.4 is 0 Å². The summed E-state index contributed by atoms with van der Waals surface area (Å²) >= 11 is 0. The second-order valence-electron chi connectivity index (χ2n) is 15.6. The molecule has 0 saturated carbocycles. The van der Waals surface area contributed by atoms with Gasteiger partial charge in [-0.2, -0.15) is 0 Å². The Morgan fingerprint density at radius 3 is 1.48 bits per heavy atom. The molecule has 1 aliphatic rings. The highest BCUT2D eigenvalue weighted by Crippen LogP contribution is 2.52. The number of rotatable bonds is 6. The van der Waals surface area contributed by atoms with Gasteiger partial charge in [0.1, 0.15) is 0 Å². The van der Waals surface area contributed by atoms with E-state index in [2.05, 4.69) is 188 Å². The average Bonchev–Trinajstić information content (AvgIpc) is 3.74. The summed E-state index contributed by atoms with van der Waals surface area (Å²) < 4.78 is 2.37. The van der Waals surface area contributed by atoms with E-state index < -0.39 is 0 Å². The molecule has 0 saturated heterocycles. The molecule has 0 amide bonds. The van der Waals surface area contributed by atoms with Crippen LogP contribution in [0.3, 0.4) is 0 Å². The number of nitrogens with zero attached hydrogens (tertiary/aromatic N) is 4. The van der Waals surface area contributed by atoms with Crippen molar-refractivity contribution in [1.29, 1.82) is 0 Å². The Labute approximate surface area is 337 Å². The molecule has 0 bridgehead atoms. The molecule has 0 unspecified atom stereocenters. The van der Waals surface area contributed by atoms with Gasteiger partial charge in [0, 0.05) is 38.6 Å². The minimum Gasteiger partial charge on any atom is -0.309 e. The van der Waals surface area contributed by atoms with E-state index in [0.717, 1.165) is 44.4 Å². The van der Waals surface area contributed by atoms with Gasteiger partial charge in [0.2, 0.25) is 0 Å². The van der Waals surface area contributed by atoms with Crippen molar-refractivity contribution in [3.8, 4) is 73.2 Å². The molecule has 58 heavy (non-hydrogen) atoms. The maximum absolute atomic E-state index is 5.16. The standard InChI is InChI=1S/C54H38N4/c1-54(2)47-24-13-12-21-43(47)44-23-14-22-42(50(44)54)39-29-31-48-45(33-39)46-34-40(30-32-49(46)58(48)41-19-10-5-11-20-41)53-56-51(37-17-8-4-9-18-37)55-52(57-53)38-27-25-36(26-28-38)35-15-6-3-7-16-35/h3-34H,1-2H3. The van der Waals surface area contributed by atoms with Gasteiger partial charge in [-0.1, -0.05) is 166 Å². The zero-order valence-electron chi connectivity index (χ0n) is 32.3. The van der Waals surface area contributed by atoms with Crippen LogP contribution in [0.2, 0.25) is 0 Å². The lowest BCUT2D eigenvalue weighted by Gasteiger charge is -2.24. The van der Waals surface area contributed by atoms with Gasteiger partial charge in [-0.3, -0.25) is 0 Å². The molecule has 0 radical (unpaired) electrons. The van der Waals surface area contributed by atoms with E-state index in [9.17, 15) is 0 Å². The Kier molecular flexibility index (Phi) is 7.80. The van der Waals surface area contributed by atoms with E-state index in [4.69, 9.17) is 15.0 Å². The Balaban J connectivity index is 1.10. The molecule has 10 aromatic rings. The monoisotopic (exact) mass is 742 g/mol. The van der Waals surface area contributed by atoms with Crippen LogP contribution in [0, 0.1) is 0 Å². The molecule has 0 spiro atoms. The lowest BCUT2D eigenvalue weighted by molar-refractivity contribution is 0.662. The van der Waals surface area contributed by atoms with Crippen molar-refractivity contribution in [3.63, 3.8) is 0 Å². The second-order valence-corrected chi connectivity index (χ2v) is 15.6. The van der Waals surface area contributed by atoms with Gasteiger partial charge in [-0.15, -0.1) is 0 Å². The molecule has 4 heteroatoms. The van der Waals surface area contributed by atoms with Crippen LogP contribution in [0.15, 0.2) is 194 Å². The summed E-state index contributed by atoms with van der Waals surface area (Å²) in [5.74, 6) is 1.91. The molecule has 4 nitrogen and oxygen atoms in total. The first kappa shape index (κ1) is 33.9. The highest BCUT2D eigenvalue weighted by atomic mass is 15.0. The van der Waals surface area contributed by atoms with E-state index in [-0.39, 0.29) is 5.41 Å². The van der Waals surface area contributed by atoms with Crippen LogP contribution >= 0.6 is 0 Å². The third kappa shape index (κ3) is 5.48. The van der Waals surface area contributed by atoms with Gasteiger partial charge in [0.25, 0.3) is 0 Å². The lowest BCUT2D eigenvalue weighted by atomic mass is 9.79. The van der Waals surface area contributed by atoms with E-state index in [1.807, 2.05) is 24.3 Å². The highest BCUT2D eigenvalue weighted by molar-refractivity contribution is 6.11. The first-order valence-corrected chi connectivity index (χ1v) is 19.9. The maximum Gasteiger partial charge on any atom is 0.164 e. The van der Waals surface area contributed by atoms with Gasteiger partial charge in [0.15, 0.2) is 17.5 Å². The van der Waals surface area contributed by atoms with Crippen LogP contribution in [0.25, 0.3) is 95.0 Å². The van der Waals surface area contributed by atoms with E-state index in [0.29, 0.717) is 17.5 Å². The molecular formula is C54H38N4. The normalized spacial score (nSPS) is 12.8. The molecule has 1 aliphatic carbocycles. The third-order valence-electron chi connectivity index (χ3n) is 11.8. The summed E-state index contributed by atoms with van der Waals surface area (Å²) in [5.41, 5.74) is 16.3. The predicted octanol–water partition coefficient (Wildman–Crippen LogP) is 13.6. The molecule has 2 heterocycles. The molecule has 0 fully saturated rings. The summed E-state index contributed by atoms with van der Waals surface area (Å²) in [6, 6.07) is 69.0. The van der Waals surface area contributed by atoms with E-state index in [1.165, 1.54) is 44.3 Å². The first-order chi connectivity index (χ1) is 28.5. The smallest absolute Gasteiger partial charge is 0.164 e. The SMILES string of the molecule is CC1(C)c2ccccc2-c2cccc(-c3ccc4c(c3)c3cc(-c5nc(-c6ccccc6)nc(-c6ccc(-c7ccccc7)cc6)n5)ccc3n4-c3ccccc3)c21. The molecule has 0 atom stereocenters. The van der Waals surface area contributed by atoms with Gasteiger partial charge < -0.3 is 4.57 Å². The molecule has 0 aliphatic heterocycles. The van der Waals surface area contributed by atoms with Crippen molar-refractivity contribution < 1.29 is 0 Å². The molecular weight excluding hydrogens is 705 g/mol. The van der Waals surface area contributed by atoms with Crippen molar-refractivity contribution in [2.24, 2.45) is 0 Å². The predicted molar refractivity (Wildman–Crippen MR) is 239 cm³/mol. The minimum absolute atomic E-state index is 0.128. The minimum atomic E-state index is -0.128. The quantitative estimate of drug-likeness (QED) is 0.170. The largest absolute Gasteiger partial charge is 0.309 e. The lowest BCUT2D eigenvalue weighted by Crippen LogP contribution is -2.16. The number of benzene rings is 8. The Bertz CT molecular complexity index is 3160. The number of hydrogen-bond donors (Lipinski definition) is 0. The van der Waals surface area contributed by atoms with Crippen molar-refractivity contribution in [1.82, 2.24) is 19.5 Å². The van der Waals surface area contributed by atoms with Crippen LogP contribution in [0.4, 0.5) is 0 Å². The molecule has 8 aromatic carbocycles. The molecule has 11 rings (SSSR count). The van der Waals surface area contributed by atoms with E-state index in [1.54, 1.807) is 0 Å². The van der Waals surface area contributed by atoms with Gasteiger partial charge in [0.05, 0.1) is 11.0 Å². The summed E-state index contributed by atoms with van der Waals surface area (Å²) in [7, 11) is 0. The fraction of sp³-hybridized carbons (Fsp3) is 0.0556. The summed E-state index contributed by atoms with van der Waals surface area (Å²) in [6.45, 7) is 4.72. The van der Waals surface area contributed by atoms with Crippen LogP contribution in [-0.2, 0) is 5.41 Å². The fourth-order valence-corrected chi connectivity index (χ4v) is 9.07. The van der Waals surface area contributed by atoms with Crippen molar-refractivity contribution >= 4 is 21.8 Å². The van der Waals surface area contributed by atoms with Gasteiger partial charge >= 0.3 is 0 Å². The molecule has 274 valence electrons. The Morgan fingerprint density at radius 2 is 0.810 bits per heavy atom. The number of fused-ring (bicyclic) bond motifs is 6. The van der Waals surface area contributed by atoms with Crippen LogP contribution in [-0.4, -0.2) is 19.5 Å². The summed E-state index contributed by atoms with van der Waals surface area (Å²) in [6.07, 6.45) is 0. The highest BCUT2D eigenvalue weighted by Gasteiger charge is 2.37. The van der Waals surface area contributed by atoms with Gasteiger partial charge in [-0.05, 0) is 87.0 Å². The van der Waals surface area contributed by atoms with Crippen LogP contribution in [0.1, 0.15) is 25.0 Å². The maximum atomic E-state index is 5.16. The van der Waals surface area contributed by atoms with Crippen LogP contribution in [0.5, 0.6) is 0 Å². The molecule has 0 N–H and O–H groups in total. The molecule has 2 aromatic heterocycles. The number of hydrogen-bond acceptors (Lipinski definition) is 3. The number of aromatic nitrogens is 4. The number of para-hydroxylation sites is 1. The zero-order chi connectivity index (χ0) is 38.8. The topological polar surface area (TPSA) is 43.6 Å². The van der Waals surface area contributed by atoms with Crippen molar-refractivity contribution in [2.45, 2.75) is 19.3 Å². The van der Waals surface area contributed by atoms with Gasteiger partial charge in [-0.25, -0.2) is 15.0 Å². The zero-order valence-corrected chi connectivity index (χ0v) is 32.3. The summed E-state index contributed by atoms with van der Waals surface area (Å²) in [5, 5.41) is 2.32. The fourth-order valence-electron chi connectivity index (χ4n) is 9.07. The second kappa shape index (κ2) is 13.4. The Hall–Kier alpha value is -7.43. The van der Waals surface area contributed by atoms with Crippen molar-refractivity contribution in [2.75, 3.05) is 0 Å². The first-order valence-electron chi connectivity index (χ1n) is 19.9. The average molecular weight is 743 g/mol. The summed E-state index contributed by atoms with van der Waals surface area (Å²) in [4.78, 5) is 15.3. The Morgan fingerprint density at radius 1 is 0.362 bits per heavy atom. The third-order valence-corrected chi connectivity index (χ3v) is 11.8. The van der Waals surface area contributed by atoms with E-state index >= 15 is 0 Å².